The number of methoxy groups -OCH3 is 1. The van der Waals surface area contributed by atoms with Gasteiger partial charge in [-0.3, -0.25) is 9.10 Å². The number of anilines is 1. The first-order chi connectivity index (χ1) is 16.9. The summed E-state index contributed by atoms with van der Waals surface area (Å²) in [7, 11) is -2.93. The fraction of sp³-hybridized carbons (Fsp3) is 0.440. The highest BCUT2D eigenvalue weighted by Crippen LogP contribution is 2.32. The second-order valence-electron chi connectivity index (χ2n) is 8.86. The summed E-state index contributed by atoms with van der Waals surface area (Å²) in [5.74, 6) is -1.48. The molecule has 0 aliphatic heterocycles. The maximum absolute atomic E-state index is 14.8. The van der Waals surface area contributed by atoms with Crippen molar-refractivity contribution in [3.63, 3.8) is 0 Å². The van der Waals surface area contributed by atoms with Crippen LogP contribution in [0.4, 0.5) is 10.1 Å². The largest absolute Gasteiger partial charge is 0.467 e. The Morgan fingerprint density at radius 2 is 1.67 bits per heavy atom. The minimum absolute atomic E-state index is 0.0444. The summed E-state index contributed by atoms with van der Waals surface area (Å²) in [6, 6.07) is 7.75. The zero-order valence-electron chi connectivity index (χ0n) is 20.6. The van der Waals surface area contributed by atoms with Crippen molar-refractivity contribution in [2.24, 2.45) is 5.92 Å². The van der Waals surface area contributed by atoms with Gasteiger partial charge in [-0.25, -0.2) is 17.6 Å². The van der Waals surface area contributed by atoms with Crippen LogP contribution in [0.25, 0.3) is 0 Å². The number of ether oxygens (including phenoxy) is 1. The molecule has 2 aromatic rings. The fourth-order valence-corrected chi connectivity index (χ4v) is 5.73. The van der Waals surface area contributed by atoms with Crippen LogP contribution in [-0.2, 0) is 24.3 Å². The quantitative estimate of drug-likeness (QED) is 0.341. The summed E-state index contributed by atoms with van der Waals surface area (Å²) < 4.78 is 47.6. The smallest absolute Gasteiger partial charge is 0.328 e. The molecule has 0 saturated heterocycles. The third-order valence-corrected chi connectivity index (χ3v) is 7.90. The summed E-state index contributed by atoms with van der Waals surface area (Å²) >= 11 is 12.0. The number of sulfonamides is 1. The van der Waals surface area contributed by atoms with Gasteiger partial charge in [-0.15, -0.1) is 0 Å². The molecule has 1 amide bonds. The van der Waals surface area contributed by atoms with E-state index in [0.29, 0.717) is 11.4 Å². The van der Waals surface area contributed by atoms with Crippen molar-refractivity contribution in [1.29, 1.82) is 0 Å². The van der Waals surface area contributed by atoms with Gasteiger partial charge in [0.1, 0.15) is 11.9 Å². The van der Waals surface area contributed by atoms with Gasteiger partial charge >= 0.3 is 5.97 Å². The van der Waals surface area contributed by atoms with Crippen LogP contribution >= 0.6 is 23.2 Å². The van der Waals surface area contributed by atoms with E-state index in [0.717, 1.165) is 10.4 Å². The summed E-state index contributed by atoms with van der Waals surface area (Å²) in [5.41, 5.74) is -0.197. The lowest BCUT2D eigenvalue weighted by molar-refractivity contribution is -0.145. The van der Waals surface area contributed by atoms with Crippen LogP contribution in [0.2, 0.25) is 10.0 Å². The van der Waals surface area contributed by atoms with Crippen molar-refractivity contribution in [2.75, 3.05) is 11.4 Å². The van der Waals surface area contributed by atoms with Crippen molar-refractivity contribution in [2.45, 2.75) is 63.4 Å². The Kier molecular flexibility index (Phi) is 11.0. The van der Waals surface area contributed by atoms with Crippen molar-refractivity contribution < 1.29 is 27.1 Å². The van der Waals surface area contributed by atoms with Crippen LogP contribution in [-0.4, -0.2) is 39.5 Å². The molecule has 0 fully saturated rings. The zero-order valence-corrected chi connectivity index (χ0v) is 23.0. The van der Waals surface area contributed by atoms with E-state index >= 15 is 0 Å². The number of hydrogen-bond acceptors (Lipinski definition) is 5. The number of halogens is 3. The molecule has 2 aromatic carbocycles. The van der Waals surface area contributed by atoms with Crippen LogP contribution < -0.4 is 9.62 Å². The highest BCUT2D eigenvalue weighted by molar-refractivity contribution is 7.92. The van der Waals surface area contributed by atoms with Crippen LogP contribution in [0.15, 0.2) is 47.4 Å². The third-order valence-electron chi connectivity index (χ3n) is 5.47. The normalized spacial score (nSPS) is 13.2. The standard InChI is InChI=1S/C25H31Cl2FN2O5S/c1-16(2)14-22(25(32)35-4)29-24(31)7-5-6-17(3)30(23-15-19(27)10-13-21(23)28)36(33,34)20-11-8-18(26)9-12-20/h8-13,15-17,22H,5-7,14H2,1-4H3,(H,29,31)/t17?,22-/m1/s1. The number of rotatable bonds is 12. The monoisotopic (exact) mass is 560 g/mol. The Hall–Kier alpha value is -2.36. The van der Waals surface area contributed by atoms with E-state index in [1.54, 1.807) is 6.92 Å². The molecule has 0 radical (unpaired) electrons. The molecular formula is C25H31Cl2FN2O5S. The van der Waals surface area contributed by atoms with E-state index in [1.807, 2.05) is 13.8 Å². The number of carbonyl (C=O) groups excluding carboxylic acids is 2. The first-order valence-corrected chi connectivity index (χ1v) is 13.7. The number of amides is 1. The number of nitrogens with zero attached hydrogens (tertiary/aromatic N) is 1. The lowest BCUT2D eigenvalue weighted by Crippen LogP contribution is -2.42. The van der Waals surface area contributed by atoms with E-state index in [1.165, 1.54) is 43.5 Å². The Labute approximate surface area is 222 Å². The fourth-order valence-electron chi connectivity index (χ4n) is 3.75. The van der Waals surface area contributed by atoms with Gasteiger partial charge < -0.3 is 10.1 Å². The summed E-state index contributed by atoms with van der Waals surface area (Å²) in [5, 5.41) is 3.21. The summed E-state index contributed by atoms with van der Waals surface area (Å²) in [6.45, 7) is 5.48. The molecule has 198 valence electrons. The van der Waals surface area contributed by atoms with Crippen LogP contribution in [0.5, 0.6) is 0 Å². The maximum atomic E-state index is 14.8. The summed E-state index contributed by atoms with van der Waals surface area (Å²) in [4.78, 5) is 24.4. The highest BCUT2D eigenvalue weighted by Gasteiger charge is 2.32. The van der Waals surface area contributed by atoms with Gasteiger partial charge in [-0.05, 0) is 74.6 Å². The van der Waals surface area contributed by atoms with Gasteiger partial charge in [-0.1, -0.05) is 37.0 Å². The molecule has 2 atom stereocenters. The van der Waals surface area contributed by atoms with Crippen molar-refractivity contribution in [1.82, 2.24) is 5.32 Å². The average Bonchev–Trinajstić information content (AvgIpc) is 2.80. The van der Waals surface area contributed by atoms with E-state index in [4.69, 9.17) is 27.9 Å². The van der Waals surface area contributed by atoms with E-state index in [2.05, 4.69) is 5.32 Å². The van der Waals surface area contributed by atoms with Gasteiger partial charge in [0.25, 0.3) is 10.0 Å². The highest BCUT2D eigenvalue weighted by atomic mass is 35.5. The van der Waals surface area contributed by atoms with Gasteiger partial charge in [0.05, 0.1) is 17.7 Å². The molecule has 0 aliphatic rings. The zero-order chi connectivity index (χ0) is 27.0. The van der Waals surface area contributed by atoms with E-state index in [9.17, 15) is 22.4 Å². The number of hydrogen-bond donors (Lipinski definition) is 1. The van der Waals surface area contributed by atoms with Crippen molar-refractivity contribution in [3.05, 3.63) is 58.3 Å². The van der Waals surface area contributed by atoms with Gasteiger partial charge in [0, 0.05) is 22.5 Å². The topological polar surface area (TPSA) is 92.8 Å². The Balaban J connectivity index is 2.22. The van der Waals surface area contributed by atoms with Crippen molar-refractivity contribution in [3.8, 4) is 0 Å². The Morgan fingerprint density at radius 3 is 2.25 bits per heavy atom. The van der Waals surface area contributed by atoms with Gasteiger partial charge in [-0.2, -0.15) is 0 Å². The second kappa shape index (κ2) is 13.3. The Morgan fingerprint density at radius 1 is 1.06 bits per heavy atom. The minimum atomic E-state index is -4.19. The number of benzene rings is 2. The lowest BCUT2D eigenvalue weighted by atomic mass is 10.0. The van der Waals surface area contributed by atoms with Crippen LogP contribution in [0, 0.1) is 11.7 Å². The summed E-state index contributed by atoms with van der Waals surface area (Å²) in [6.07, 6.45) is 0.995. The molecule has 1 N–H and O–H groups in total. The molecule has 0 heterocycles. The van der Waals surface area contributed by atoms with E-state index in [-0.39, 0.29) is 46.7 Å². The van der Waals surface area contributed by atoms with E-state index < -0.39 is 33.9 Å². The molecule has 2 rings (SSSR count). The van der Waals surface area contributed by atoms with Crippen LogP contribution in [0.1, 0.15) is 46.5 Å². The lowest BCUT2D eigenvalue weighted by Gasteiger charge is -2.31. The molecule has 7 nitrogen and oxygen atoms in total. The molecule has 0 aliphatic carbocycles. The average molecular weight is 562 g/mol. The number of esters is 1. The molecule has 0 bridgehead atoms. The number of carbonyl (C=O) groups is 2. The van der Waals surface area contributed by atoms with Gasteiger partial charge in [0.15, 0.2) is 0 Å². The van der Waals surface area contributed by atoms with Crippen LogP contribution in [0.3, 0.4) is 0 Å². The predicted molar refractivity (Wildman–Crippen MR) is 139 cm³/mol. The first-order valence-electron chi connectivity index (χ1n) is 11.5. The number of nitrogens with one attached hydrogen (secondary N) is 1. The molecule has 0 spiro atoms. The minimum Gasteiger partial charge on any atom is -0.467 e. The molecular weight excluding hydrogens is 530 g/mol. The second-order valence-corrected chi connectivity index (χ2v) is 11.6. The SMILES string of the molecule is COC(=O)[C@@H](CC(C)C)NC(=O)CCCC(C)N(c1cc(Cl)ccc1F)S(=O)(=O)c1ccc(Cl)cc1. The van der Waals surface area contributed by atoms with Crippen molar-refractivity contribution >= 4 is 50.8 Å². The predicted octanol–water partition coefficient (Wildman–Crippen LogP) is 5.59. The third kappa shape index (κ3) is 8.08. The molecule has 11 heteroatoms. The van der Waals surface area contributed by atoms with Gasteiger partial charge in [0.2, 0.25) is 5.91 Å². The Bertz CT molecular complexity index is 1160. The maximum Gasteiger partial charge on any atom is 0.328 e. The molecule has 0 aromatic heterocycles. The molecule has 36 heavy (non-hydrogen) atoms. The first kappa shape index (κ1) is 29.9. The molecule has 0 saturated carbocycles. The molecule has 1 unspecified atom stereocenters.